The lowest BCUT2D eigenvalue weighted by molar-refractivity contribution is 0.420. The molecule has 2 aromatic heterocycles. The van der Waals surface area contributed by atoms with E-state index < -0.39 is 0 Å². The van der Waals surface area contributed by atoms with Gasteiger partial charge in [0.05, 0.1) is 12.2 Å². The molecule has 4 aromatic rings. The number of thioether (sulfide) groups is 1. The lowest BCUT2D eigenvalue weighted by atomic mass is 10.2. The number of nitrogens with two attached hydrogens (primary N) is 1. The van der Waals surface area contributed by atoms with Gasteiger partial charge >= 0.3 is 0 Å². The summed E-state index contributed by atoms with van der Waals surface area (Å²) < 4.78 is 5.70. The minimum Gasteiger partial charge on any atom is -0.416 e. The molecule has 146 valence electrons. The maximum Gasteiger partial charge on any atom is 0.277 e. The fourth-order valence-corrected chi connectivity index (χ4v) is 3.29. The molecule has 8 nitrogen and oxygen atoms in total. The molecule has 0 radical (unpaired) electrons. The zero-order chi connectivity index (χ0) is 20.1. The number of nitrogen functional groups attached to an aromatic ring is 1. The highest BCUT2D eigenvalue weighted by molar-refractivity contribution is 7.98. The van der Waals surface area contributed by atoms with Crippen molar-refractivity contribution in [3.8, 4) is 0 Å². The number of aromatic nitrogens is 5. The molecule has 29 heavy (non-hydrogen) atoms. The third-order valence-electron chi connectivity index (χ3n) is 4.06. The minimum absolute atomic E-state index is 0.155. The van der Waals surface area contributed by atoms with Crippen LogP contribution in [0.15, 0.2) is 64.2 Å². The molecule has 0 atom stereocenters. The summed E-state index contributed by atoms with van der Waals surface area (Å²) in [6.07, 6.45) is 0.595. The van der Waals surface area contributed by atoms with E-state index in [0.29, 0.717) is 35.1 Å². The Kier molecular flexibility index (Phi) is 5.66. The first-order valence-electron chi connectivity index (χ1n) is 8.98. The SMILES string of the molecule is Cc1ccccc1Nc1nc(N)nc(CSc2nnc(Cc3ccccc3)o2)n1. The van der Waals surface area contributed by atoms with Crippen LogP contribution in [-0.2, 0) is 12.2 Å². The molecule has 0 unspecified atom stereocenters. The number of nitrogens with one attached hydrogen (secondary N) is 1. The number of aryl methyl sites for hydroxylation is 1. The molecule has 0 fully saturated rings. The highest BCUT2D eigenvalue weighted by atomic mass is 32.2. The van der Waals surface area contributed by atoms with Gasteiger partial charge in [-0.15, -0.1) is 10.2 Å². The van der Waals surface area contributed by atoms with Gasteiger partial charge in [-0.2, -0.15) is 15.0 Å². The summed E-state index contributed by atoms with van der Waals surface area (Å²) in [6.45, 7) is 2.01. The Morgan fingerprint density at radius 2 is 1.76 bits per heavy atom. The van der Waals surface area contributed by atoms with Gasteiger partial charge in [-0.25, -0.2) is 0 Å². The van der Waals surface area contributed by atoms with Gasteiger partial charge in [-0.3, -0.25) is 0 Å². The molecule has 2 heterocycles. The van der Waals surface area contributed by atoms with Crippen molar-refractivity contribution >= 4 is 29.3 Å². The molecule has 0 spiro atoms. The first-order valence-corrected chi connectivity index (χ1v) is 9.96. The lowest BCUT2D eigenvalue weighted by Crippen LogP contribution is -2.07. The molecule has 0 aliphatic heterocycles. The van der Waals surface area contributed by atoms with Crippen LogP contribution in [0.1, 0.15) is 22.8 Å². The smallest absolute Gasteiger partial charge is 0.277 e. The lowest BCUT2D eigenvalue weighted by Gasteiger charge is -2.09. The molecule has 2 aromatic carbocycles. The highest BCUT2D eigenvalue weighted by Gasteiger charge is 2.11. The summed E-state index contributed by atoms with van der Waals surface area (Å²) in [6, 6.07) is 17.9. The second-order valence-electron chi connectivity index (χ2n) is 6.29. The van der Waals surface area contributed by atoms with E-state index in [0.717, 1.165) is 16.8 Å². The number of rotatable bonds is 7. The number of hydrogen-bond acceptors (Lipinski definition) is 9. The van der Waals surface area contributed by atoms with Crippen molar-refractivity contribution in [2.75, 3.05) is 11.1 Å². The van der Waals surface area contributed by atoms with E-state index in [1.807, 2.05) is 61.5 Å². The van der Waals surface area contributed by atoms with Gasteiger partial charge in [-0.1, -0.05) is 60.3 Å². The first kappa shape index (κ1) is 18.9. The van der Waals surface area contributed by atoms with Gasteiger partial charge in [-0.05, 0) is 24.1 Å². The first-order chi connectivity index (χ1) is 14.2. The summed E-state index contributed by atoms with van der Waals surface area (Å²) in [5.74, 6) is 2.08. The van der Waals surface area contributed by atoms with Crippen LogP contribution in [-0.4, -0.2) is 25.1 Å². The number of para-hydroxylation sites is 1. The van der Waals surface area contributed by atoms with Gasteiger partial charge in [0.15, 0.2) is 0 Å². The Labute approximate surface area is 172 Å². The van der Waals surface area contributed by atoms with E-state index >= 15 is 0 Å². The van der Waals surface area contributed by atoms with Crippen LogP contribution in [0.3, 0.4) is 0 Å². The maximum atomic E-state index is 5.85. The van der Waals surface area contributed by atoms with E-state index in [1.165, 1.54) is 11.8 Å². The van der Waals surface area contributed by atoms with Crippen molar-refractivity contribution in [3.05, 3.63) is 77.4 Å². The van der Waals surface area contributed by atoms with Crippen molar-refractivity contribution in [3.63, 3.8) is 0 Å². The molecule has 4 rings (SSSR count). The Bertz CT molecular complexity index is 1100. The van der Waals surface area contributed by atoms with Crippen LogP contribution in [0.25, 0.3) is 0 Å². The molecule has 9 heteroatoms. The highest BCUT2D eigenvalue weighted by Crippen LogP contribution is 2.23. The summed E-state index contributed by atoms with van der Waals surface area (Å²) in [5, 5.41) is 11.8. The molecule has 3 N–H and O–H groups in total. The number of anilines is 3. The molecular weight excluding hydrogens is 386 g/mol. The molecular formula is C20H19N7OS. The summed E-state index contributed by atoms with van der Waals surface area (Å²) in [7, 11) is 0. The third-order valence-corrected chi connectivity index (χ3v) is 4.88. The Morgan fingerprint density at radius 1 is 0.966 bits per heavy atom. The number of nitrogens with zero attached hydrogens (tertiary/aromatic N) is 5. The topological polar surface area (TPSA) is 116 Å². The quantitative estimate of drug-likeness (QED) is 0.443. The predicted octanol–water partition coefficient (Wildman–Crippen LogP) is 3.77. The Morgan fingerprint density at radius 3 is 2.59 bits per heavy atom. The Balaban J connectivity index is 1.41. The van der Waals surface area contributed by atoms with Crippen molar-refractivity contribution < 1.29 is 4.42 Å². The molecule has 0 bridgehead atoms. The maximum absolute atomic E-state index is 5.85. The van der Waals surface area contributed by atoms with Crippen LogP contribution >= 0.6 is 11.8 Å². The monoisotopic (exact) mass is 405 g/mol. The average Bonchev–Trinajstić information content (AvgIpc) is 3.16. The van der Waals surface area contributed by atoms with Gasteiger partial charge in [0.2, 0.25) is 17.8 Å². The van der Waals surface area contributed by atoms with Crippen molar-refractivity contribution in [1.29, 1.82) is 0 Å². The van der Waals surface area contributed by atoms with Gasteiger partial charge in [0, 0.05) is 5.69 Å². The van der Waals surface area contributed by atoms with Gasteiger partial charge < -0.3 is 15.5 Å². The Hall–Kier alpha value is -3.46. The molecule has 0 saturated carbocycles. The van der Waals surface area contributed by atoms with Crippen LogP contribution in [0, 0.1) is 6.92 Å². The summed E-state index contributed by atoms with van der Waals surface area (Å²) in [4.78, 5) is 12.8. The third kappa shape index (κ3) is 5.08. The standard InChI is InChI=1S/C20H19N7OS/c1-13-7-5-6-10-15(13)22-19-24-16(23-18(21)25-19)12-29-20-27-26-17(28-20)11-14-8-3-2-4-9-14/h2-10H,11-12H2,1H3,(H3,21,22,23,24,25). The van der Waals surface area contributed by atoms with Crippen LogP contribution in [0.2, 0.25) is 0 Å². The molecule has 0 amide bonds. The van der Waals surface area contributed by atoms with Crippen LogP contribution < -0.4 is 11.1 Å². The average molecular weight is 405 g/mol. The predicted molar refractivity (Wildman–Crippen MR) is 112 cm³/mol. The second kappa shape index (κ2) is 8.70. The van der Waals surface area contributed by atoms with E-state index in [1.54, 1.807) is 0 Å². The second-order valence-corrected chi connectivity index (χ2v) is 7.21. The van der Waals surface area contributed by atoms with Gasteiger partial charge in [0.25, 0.3) is 5.22 Å². The molecule has 0 saturated heterocycles. The zero-order valence-electron chi connectivity index (χ0n) is 15.7. The molecule has 0 aliphatic carbocycles. The minimum atomic E-state index is 0.155. The normalized spacial score (nSPS) is 10.8. The van der Waals surface area contributed by atoms with Crippen LogP contribution in [0.4, 0.5) is 17.6 Å². The van der Waals surface area contributed by atoms with E-state index in [-0.39, 0.29) is 5.95 Å². The number of hydrogen-bond donors (Lipinski definition) is 2. The van der Waals surface area contributed by atoms with Gasteiger partial charge in [0.1, 0.15) is 5.82 Å². The summed E-state index contributed by atoms with van der Waals surface area (Å²) >= 11 is 1.36. The van der Waals surface area contributed by atoms with Crippen LogP contribution in [0.5, 0.6) is 0 Å². The van der Waals surface area contributed by atoms with Crippen molar-refractivity contribution in [2.24, 2.45) is 0 Å². The van der Waals surface area contributed by atoms with Crippen molar-refractivity contribution in [1.82, 2.24) is 25.1 Å². The van der Waals surface area contributed by atoms with E-state index in [9.17, 15) is 0 Å². The fourth-order valence-electron chi connectivity index (χ4n) is 2.66. The van der Waals surface area contributed by atoms with Crippen molar-refractivity contribution in [2.45, 2.75) is 24.3 Å². The number of benzene rings is 2. The fraction of sp³-hybridized carbons (Fsp3) is 0.150. The molecule has 0 aliphatic rings. The largest absolute Gasteiger partial charge is 0.416 e. The van der Waals surface area contributed by atoms with E-state index in [4.69, 9.17) is 10.2 Å². The zero-order valence-corrected chi connectivity index (χ0v) is 16.6. The summed E-state index contributed by atoms with van der Waals surface area (Å²) in [5.41, 5.74) is 8.96. The van der Waals surface area contributed by atoms with E-state index in [2.05, 4.69) is 30.5 Å².